The first-order chi connectivity index (χ1) is 16.3. The Hall–Kier alpha value is -3.30. The van der Waals surface area contributed by atoms with Gasteiger partial charge < -0.3 is 15.0 Å². The molecule has 0 spiro atoms. The maximum absolute atomic E-state index is 12.6. The van der Waals surface area contributed by atoms with Crippen molar-refractivity contribution in [2.45, 2.75) is 30.4 Å². The summed E-state index contributed by atoms with van der Waals surface area (Å²) in [6.07, 6.45) is 0.139. The first-order valence-electron chi connectivity index (χ1n) is 11.2. The third-order valence-corrected chi connectivity index (χ3v) is 7.84. The molecular weight excluding hydrogens is 452 g/mol. The van der Waals surface area contributed by atoms with Crippen LogP contribution in [0.4, 0.5) is 11.5 Å². The largest absolute Gasteiger partial charge is 0.378 e. The van der Waals surface area contributed by atoms with Crippen molar-refractivity contribution in [1.29, 1.82) is 0 Å². The summed E-state index contributed by atoms with van der Waals surface area (Å²) in [6.45, 7) is 6.26. The maximum Gasteiger partial charge on any atom is 0.228 e. The van der Waals surface area contributed by atoms with E-state index in [2.05, 4.69) is 20.4 Å². The second-order valence-corrected chi connectivity index (χ2v) is 10.9. The first-order valence-corrected chi connectivity index (χ1v) is 12.8. The zero-order chi connectivity index (χ0) is 24.1. The summed E-state index contributed by atoms with van der Waals surface area (Å²) in [5.74, 6) is 0.633. The molecule has 1 saturated heterocycles. The molecule has 0 bridgehead atoms. The Morgan fingerprint density at radius 3 is 2.41 bits per heavy atom. The fraction of sp³-hybridized carbons (Fsp3) is 0.320. The number of anilines is 2. The number of carbonyl (C=O) groups excluding carboxylic acids is 1. The highest BCUT2D eigenvalue weighted by Crippen LogP contribution is 2.23. The molecule has 1 fully saturated rings. The summed E-state index contributed by atoms with van der Waals surface area (Å²) in [5, 5.41) is 11.1. The third-order valence-electron chi connectivity index (χ3n) is 5.66. The number of ether oxygens (including phenoxy) is 1. The molecule has 1 N–H and O–H groups in total. The number of carbonyl (C=O) groups is 1. The van der Waals surface area contributed by atoms with Crippen LogP contribution in [0.3, 0.4) is 0 Å². The van der Waals surface area contributed by atoms with Crippen molar-refractivity contribution >= 4 is 27.2 Å². The van der Waals surface area contributed by atoms with Crippen LogP contribution in [0.5, 0.6) is 0 Å². The van der Waals surface area contributed by atoms with E-state index in [1.165, 1.54) is 0 Å². The smallest absolute Gasteiger partial charge is 0.228 e. The van der Waals surface area contributed by atoms with Gasteiger partial charge in [-0.2, -0.15) is 0 Å². The first kappa shape index (κ1) is 23.8. The summed E-state index contributed by atoms with van der Waals surface area (Å²) in [6, 6.07) is 17.8. The lowest BCUT2D eigenvalue weighted by Gasteiger charge is -2.27. The van der Waals surface area contributed by atoms with Gasteiger partial charge >= 0.3 is 0 Å². The van der Waals surface area contributed by atoms with E-state index in [0.29, 0.717) is 18.9 Å². The molecule has 34 heavy (non-hydrogen) atoms. The number of morpholine rings is 1. The summed E-state index contributed by atoms with van der Waals surface area (Å²) in [4.78, 5) is 15.0. The van der Waals surface area contributed by atoms with Crippen LogP contribution in [0.25, 0.3) is 11.3 Å². The molecule has 1 aromatic heterocycles. The van der Waals surface area contributed by atoms with Crippen molar-refractivity contribution in [1.82, 2.24) is 10.2 Å². The molecule has 0 radical (unpaired) electrons. The van der Waals surface area contributed by atoms with Crippen LogP contribution in [0, 0.1) is 0 Å². The number of benzene rings is 2. The van der Waals surface area contributed by atoms with Gasteiger partial charge in [-0.15, -0.1) is 10.2 Å². The molecule has 1 amide bonds. The van der Waals surface area contributed by atoms with Gasteiger partial charge in [0.25, 0.3) is 0 Å². The molecule has 1 aliphatic rings. The zero-order valence-electron chi connectivity index (χ0n) is 19.3. The topological polar surface area (TPSA) is 101 Å². The molecule has 2 aromatic carbocycles. The van der Waals surface area contributed by atoms with E-state index in [4.69, 9.17) is 4.74 Å². The minimum atomic E-state index is -3.33. The van der Waals surface area contributed by atoms with Gasteiger partial charge in [0.05, 0.1) is 35.5 Å². The lowest BCUT2D eigenvalue weighted by molar-refractivity contribution is -0.115. The van der Waals surface area contributed by atoms with Gasteiger partial charge in [-0.1, -0.05) is 24.3 Å². The molecule has 0 saturated carbocycles. The van der Waals surface area contributed by atoms with Crippen LogP contribution in [-0.2, 0) is 25.8 Å². The molecule has 3 aromatic rings. The SMILES string of the molecule is CC(C)S(=O)(=O)c1ccc(CC(=O)Nc2cccc(-c3ccc(N4CCOCC4)nn3)c2)cc1. The van der Waals surface area contributed by atoms with Crippen LogP contribution >= 0.6 is 0 Å². The second kappa shape index (κ2) is 10.3. The Morgan fingerprint density at radius 2 is 1.76 bits per heavy atom. The van der Waals surface area contributed by atoms with Gasteiger partial charge in [0, 0.05) is 24.3 Å². The van der Waals surface area contributed by atoms with Gasteiger partial charge in [0.2, 0.25) is 5.91 Å². The number of aromatic nitrogens is 2. The monoisotopic (exact) mass is 480 g/mol. The molecule has 8 nitrogen and oxygen atoms in total. The minimum Gasteiger partial charge on any atom is -0.378 e. The van der Waals surface area contributed by atoms with Crippen LogP contribution < -0.4 is 10.2 Å². The Morgan fingerprint density at radius 1 is 1.03 bits per heavy atom. The van der Waals surface area contributed by atoms with Crippen molar-refractivity contribution in [3.63, 3.8) is 0 Å². The summed E-state index contributed by atoms with van der Waals surface area (Å²) in [7, 11) is -3.33. The van der Waals surface area contributed by atoms with Crippen LogP contribution in [0.2, 0.25) is 0 Å². The number of nitrogens with zero attached hydrogens (tertiary/aromatic N) is 3. The molecule has 1 aliphatic heterocycles. The zero-order valence-corrected chi connectivity index (χ0v) is 20.1. The fourth-order valence-corrected chi connectivity index (χ4v) is 4.72. The van der Waals surface area contributed by atoms with E-state index in [0.717, 1.165) is 35.7 Å². The Balaban J connectivity index is 1.40. The Kier molecular flexibility index (Phi) is 7.23. The highest BCUT2D eigenvalue weighted by atomic mass is 32.2. The van der Waals surface area contributed by atoms with E-state index in [9.17, 15) is 13.2 Å². The van der Waals surface area contributed by atoms with E-state index in [1.54, 1.807) is 38.1 Å². The Bertz CT molecular complexity index is 1240. The van der Waals surface area contributed by atoms with Gasteiger partial charge in [0.15, 0.2) is 15.7 Å². The molecule has 0 unspecified atom stereocenters. The third kappa shape index (κ3) is 5.60. The second-order valence-electron chi connectivity index (χ2n) is 8.42. The molecule has 178 valence electrons. The average Bonchev–Trinajstić information content (AvgIpc) is 2.85. The molecule has 0 aliphatic carbocycles. The van der Waals surface area contributed by atoms with Crippen molar-refractivity contribution in [2.75, 3.05) is 36.5 Å². The number of amides is 1. The van der Waals surface area contributed by atoms with Crippen LogP contribution in [-0.4, -0.2) is 56.1 Å². The highest BCUT2D eigenvalue weighted by molar-refractivity contribution is 7.92. The van der Waals surface area contributed by atoms with Gasteiger partial charge in [0.1, 0.15) is 0 Å². The molecular formula is C25H28N4O4S. The van der Waals surface area contributed by atoms with E-state index >= 15 is 0 Å². The number of hydrogen-bond acceptors (Lipinski definition) is 7. The standard InChI is InChI=1S/C25H28N4O4S/c1-18(2)34(31,32)22-8-6-19(7-9-22)16-25(30)26-21-5-3-4-20(17-21)23-10-11-24(28-27-23)29-12-14-33-15-13-29/h3-11,17-18H,12-16H2,1-2H3,(H,26,30). The van der Waals surface area contributed by atoms with Crippen molar-refractivity contribution in [3.8, 4) is 11.3 Å². The lowest BCUT2D eigenvalue weighted by atomic mass is 10.1. The van der Waals surface area contributed by atoms with Crippen LogP contribution in [0.1, 0.15) is 19.4 Å². The summed E-state index contributed by atoms with van der Waals surface area (Å²) in [5.41, 5.74) is 2.96. The van der Waals surface area contributed by atoms with Gasteiger partial charge in [-0.3, -0.25) is 4.79 Å². The summed E-state index contributed by atoms with van der Waals surface area (Å²) >= 11 is 0. The fourth-order valence-electron chi connectivity index (χ4n) is 3.66. The Labute approximate surface area is 199 Å². The van der Waals surface area contributed by atoms with Crippen LogP contribution in [0.15, 0.2) is 65.6 Å². The predicted octanol–water partition coefficient (Wildman–Crippen LogP) is 3.34. The molecule has 0 atom stereocenters. The summed E-state index contributed by atoms with van der Waals surface area (Å²) < 4.78 is 29.9. The number of rotatable bonds is 7. The van der Waals surface area contributed by atoms with E-state index in [1.807, 2.05) is 36.4 Å². The number of hydrogen-bond donors (Lipinski definition) is 1. The average molecular weight is 481 g/mol. The molecule has 9 heteroatoms. The predicted molar refractivity (Wildman–Crippen MR) is 132 cm³/mol. The normalized spacial score (nSPS) is 14.3. The van der Waals surface area contributed by atoms with Gasteiger partial charge in [-0.25, -0.2) is 8.42 Å². The highest BCUT2D eigenvalue weighted by Gasteiger charge is 2.19. The molecule has 2 heterocycles. The molecule has 4 rings (SSSR count). The maximum atomic E-state index is 12.6. The minimum absolute atomic E-state index is 0.139. The van der Waals surface area contributed by atoms with Crippen molar-refractivity contribution < 1.29 is 17.9 Å². The van der Waals surface area contributed by atoms with Crippen molar-refractivity contribution in [3.05, 3.63) is 66.2 Å². The van der Waals surface area contributed by atoms with Gasteiger partial charge in [-0.05, 0) is 55.8 Å². The van der Waals surface area contributed by atoms with Crippen molar-refractivity contribution in [2.24, 2.45) is 0 Å². The lowest BCUT2D eigenvalue weighted by Crippen LogP contribution is -2.36. The number of sulfone groups is 1. The van der Waals surface area contributed by atoms with E-state index < -0.39 is 15.1 Å². The number of nitrogens with one attached hydrogen (secondary N) is 1. The van der Waals surface area contributed by atoms with E-state index in [-0.39, 0.29) is 17.2 Å². The quantitative estimate of drug-likeness (QED) is 0.553.